The van der Waals surface area contributed by atoms with E-state index in [1.54, 1.807) is 19.5 Å². The summed E-state index contributed by atoms with van der Waals surface area (Å²) in [7, 11) is 0. The van der Waals surface area contributed by atoms with Crippen LogP contribution in [0, 0.1) is 0 Å². The van der Waals surface area contributed by atoms with Gasteiger partial charge in [-0.3, -0.25) is 0 Å². The maximum absolute atomic E-state index is 9.04. The summed E-state index contributed by atoms with van der Waals surface area (Å²) in [5.74, 6) is 0. The van der Waals surface area contributed by atoms with Crippen molar-refractivity contribution in [2.75, 3.05) is 6.54 Å². The number of aliphatic hydroxyl groups is 1. The van der Waals surface area contributed by atoms with Crippen LogP contribution in [0.2, 0.25) is 0 Å². The zero-order chi connectivity index (χ0) is 9.68. The SMILES string of the molecule is CC(O)CCNC(C)c1ccoc1. The van der Waals surface area contributed by atoms with E-state index in [9.17, 15) is 0 Å². The smallest absolute Gasteiger partial charge is 0.0950 e. The lowest BCUT2D eigenvalue weighted by molar-refractivity contribution is 0.182. The first-order valence-electron chi connectivity index (χ1n) is 4.63. The average molecular weight is 183 g/mol. The van der Waals surface area contributed by atoms with Crippen LogP contribution in [0.5, 0.6) is 0 Å². The molecule has 1 aromatic heterocycles. The van der Waals surface area contributed by atoms with E-state index >= 15 is 0 Å². The van der Waals surface area contributed by atoms with E-state index in [0.29, 0.717) is 0 Å². The summed E-state index contributed by atoms with van der Waals surface area (Å²) in [5, 5.41) is 12.3. The maximum Gasteiger partial charge on any atom is 0.0950 e. The number of furan rings is 1. The fraction of sp³-hybridized carbons (Fsp3) is 0.600. The van der Waals surface area contributed by atoms with Crippen molar-refractivity contribution < 1.29 is 9.52 Å². The van der Waals surface area contributed by atoms with Crippen LogP contribution in [0.4, 0.5) is 0 Å². The Balaban J connectivity index is 2.22. The van der Waals surface area contributed by atoms with Gasteiger partial charge < -0.3 is 14.8 Å². The van der Waals surface area contributed by atoms with E-state index in [2.05, 4.69) is 12.2 Å². The highest BCUT2D eigenvalue weighted by Crippen LogP contribution is 2.11. The van der Waals surface area contributed by atoms with Crippen molar-refractivity contribution in [2.24, 2.45) is 0 Å². The molecule has 2 unspecified atom stereocenters. The quantitative estimate of drug-likeness (QED) is 0.730. The fourth-order valence-electron chi connectivity index (χ4n) is 1.15. The van der Waals surface area contributed by atoms with Crippen LogP contribution in [-0.2, 0) is 0 Å². The molecule has 0 radical (unpaired) electrons. The minimum Gasteiger partial charge on any atom is -0.472 e. The second kappa shape index (κ2) is 5.04. The Hall–Kier alpha value is -0.800. The van der Waals surface area contributed by atoms with E-state index < -0.39 is 0 Å². The molecule has 0 amide bonds. The maximum atomic E-state index is 9.04. The molecule has 0 aliphatic carbocycles. The zero-order valence-electron chi connectivity index (χ0n) is 8.16. The molecular weight excluding hydrogens is 166 g/mol. The molecule has 3 nitrogen and oxygen atoms in total. The third-order valence-corrected chi connectivity index (χ3v) is 2.06. The van der Waals surface area contributed by atoms with Crippen LogP contribution in [0.3, 0.4) is 0 Å². The van der Waals surface area contributed by atoms with E-state index in [4.69, 9.17) is 9.52 Å². The van der Waals surface area contributed by atoms with Crippen LogP contribution >= 0.6 is 0 Å². The Morgan fingerprint density at radius 1 is 1.54 bits per heavy atom. The van der Waals surface area contributed by atoms with E-state index in [1.807, 2.05) is 6.07 Å². The Labute approximate surface area is 78.8 Å². The molecule has 1 heterocycles. The van der Waals surface area contributed by atoms with Crippen LogP contribution < -0.4 is 5.32 Å². The van der Waals surface area contributed by atoms with Gasteiger partial charge in [-0.15, -0.1) is 0 Å². The highest BCUT2D eigenvalue weighted by Gasteiger charge is 2.05. The molecule has 2 N–H and O–H groups in total. The molecule has 0 saturated carbocycles. The summed E-state index contributed by atoms with van der Waals surface area (Å²) >= 11 is 0. The van der Waals surface area contributed by atoms with Gasteiger partial charge in [0.1, 0.15) is 0 Å². The number of nitrogens with one attached hydrogen (secondary N) is 1. The van der Waals surface area contributed by atoms with E-state index in [-0.39, 0.29) is 12.1 Å². The van der Waals surface area contributed by atoms with Crippen molar-refractivity contribution in [2.45, 2.75) is 32.4 Å². The van der Waals surface area contributed by atoms with Crippen molar-refractivity contribution in [1.29, 1.82) is 0 Å². The highest BCUT2D eigenvalue weighted by atomic mass is 16.3. The monoisotopic (exact) mass is 183 g/mol. The molecule has 0 saturated heterocycles. The topological polar surface area (TPSA) is 45.4 Å². The van der Waals surface area contributed by atoms with Gasteiger partial charge in [-0.25, -0.2) is 0 Å². The zero-order valence-corrected chi connectivity index (χ0v) is 8.16. The lowest BCUT2D eigenvalue weighted by Crippen LogP contribution is -2.22. The molecule has 74 valence electrons. The second-order valence-electron chi connectivity index (χ2n) is 3.37. The lowest BCUT2D eigenvalue weighted by atomic mass is 10.2. The van der Waals surface area contributed by atoms with Gasteiger partial charge in [0, 0.05) is 11.6 Å². The lowest BCUT2D eigenvalue weighted by Gasteiger charge is -2.12. The molecule has 0 bridgehead atoms. The highest BCUT2D eigenvalue weighted by molar-refractivity contribution is 5.09. The van der Waals surface area contributed by atoms with Crippen molar-refractivity contribution in [3.05, 3.63) is 24.2 Å². The summed E-state index contributed by atoms with van der Waals surface area (Å²) in [6.45, 7) is 4.70. The first-order valence-corrected chi connectivity index (χ1v) is 4.63. The standard InChI is InChI=1S/C10H17NO2/c1-8(12)3-5-11-9(2)10-4-6-13-7-10/h4,6-9,11-12H,3,5H2,1-2H3. The molecule has 0 aromatic carbocycles. The molecule has 0 spiro atoms. The van der Waals surface area contributed by atoms with Gasteiger partial charge >= 0.3 is 0 Å². The molecule has 0 fully saturated rings. The molecule has 3 heteroatoms. The largest absolute Gasteiger partial charge is 0.472 e. The summed E-state index contributed by atoms with van der Waals surface area (Å²) in [6, 6.07) is 2.23. The van der Waals surface area contributed by atoms with Crippen molar-refractivity contribution in [3.8, 4) is 0 Å². The van der Waals surface area contributed by atoms with Gasteiger partial charge in [-0.05, 0) is 32.9 Å². The van der Waals surface area contributed by atoms with Crippen molar-refractivity contribution >= 4 is 0 Å². The molecular formula is C10H17NO2. The third kappa shape index (κ3) is 3.61. The summed E-state index contributed by atoms with van der Waals surface area (Å²) in [4.78, 5) is 0. The molecule has 0 aliphatic rings. The molecule has 1 aromatic rings. The number of hydrogen-bond acceptors (Lipinski definition) is 3. The van der Waals surface area contributed by atoms with Crippen LogP contribution in [0.25, 0.3) is 0 Å². The predicted molar refractivity (Wildman–Crippen MR) is 51.4 cm³/mol. The minimum atomic E-state index is -0.232. The normalized spacial score (nSPS) is 15.6. The van der Waals surface area contributed by atoms with Crippen LogP contribution in [-0.4, -0.2) is 17.8 Å². The van der Waals surface area contributed by atoms with E-state index in [1.165, 1.54) is 0 Å². The van der Waals surface area contributed by atoms with Crippen molar-refractivity contribution in [1.82, 2.24) is 5.32 Å². The predicted octanol–water partition coefficient (Wildman–Crippen LogP) is 1.70. The van der Waals surface area contributed by atoms with Crippen molar-refractivity contribution in [3.63, 3.8) is 0 Å². The van der Waals surface area contributed by atoms with Gasteiger partial charge in [0.15, 0.2) is 0 Å². The van der Waals surface area contributed by atoms with Gasteiger partial charge in [0.2, 0.25) is 0 Å². The first-order chi connectivity index (χ1) is 6.20. The first kappa shape index (κ1) is 10.3. The Morgan fingerprint density at radius 3 is 2.85 bits per heavy atom. The summed E-state index contributed by atoms with van der Waals surface area (Å²) in [6.07, 6.45) is 3.95. The van der Waals surface area contributed by atoms with Gasteiger partial charge in [0.25, 0.3) is 0 Å². The van der Waals surface area contributed by atoms with Gasteiger partial charge in [0.05, 0.1) is 18.6 Å². The molecule has 1 rings (SSSR count). The van der Waals surface area contributed by atoms with Gasteiger partial charge in [-0.2, -0.15) is 0 Å². The summed E-state index contributed by atoms with van der Waals surface area (Å²) in [5.41, 5.74) is 1.14. The second-order valence-corrected chi connectivity index (χ2v) is 3.37. The van der Waals surface area contributed by atoms with E-state index in [0.717, 1.165) is 18.5 Å². The number of hydrogen-bond donors (Lipinski definition) is 2. The molecule has 13 heavy (non-hydrogen) atoms. The van der Waals surface area contributed by atoms with Gasteiger partial charge in [-0.1, -0.05) is 0 Å². The summed E-state index contributed by atoms with van der Waals surface area (Å²) < 4.78 is 4.97. The Morgan fingerprint density at radius 2 is 2.31 bits per heavy atom. The molecule has 0 aliphatic heterocycles. The number of rotatable bonds is 5. The van der Waals surface area contributed by atoms with Crippen LogP contribution in [0.1, 0.15) is 31.9 Å². The third-order valence-electron chi connectivity index (χ3n) is 2.06. The minimum absolute atomic E-state index is 0.232. The van der Waals surface area contributed by atoms with Crippen LogP contribution in [0.15, 0.2) is 23.0 Å². The Kier molecular flexibility index (Phi) is 3.99. The molecule has 2 atom stereocenters. The average Bonchev–Trinajstić information content (AvgIpc) is 2.55. The Bertz CT molecular complexity index is 219. The number of aliphatic hydroxyl groups excluding tert-OH is 1. The fourth-order valence-corrected chi connectivity index (χ4v) is 1.15.